The van der Waals surface area contributed by atoms with Gasteiger partial charge in [-0.25, -0.2) is 0 Å². The number of amides is 1. The lowest BCUT2D eigenvalue weighted by Crippen LogP contribution is -2.39. The number of benzene rings is 2. The monoisotopic (exact) mass is 346 g/mol. The van der Waals surface area contributed by atoms with Crippen LogP contribution in [0.2, 0.25) is 0 Å². The molecule has 0 aromatic heterocycles. The van der Waals surface area contributed by atoms with Crippen LogP contribution in [-0.4, -0.2) is 23.9 Å². The Balaban J connectivity index is 1.60. The Labute approximate surface area is 153 Å². The SMILES string of the molecule is N#Cc1ccc(CN2CCC(N)=C(C(=O)NCc3ccccc3)C2)cc1. The molecule has 0 saturated carbocycles. The number of rotatable bonds is 5. The summed E-state index contributed by atoms with van der Waals surface area (Å²) in [6.07, 6.45) is 0.685. The fourth-order valence-electron chi connectivity index (χ4n) is 3.01. The molecule has 5 heteroatoms. The van der Waals surface area contributed by atoms with Gasteiger partial charge in [-0.05, 0) is 23.3 Å². The van der Waals surface area contributed by atoms with Crippen LogP contribution >= 0.6 is 0 Å². The van der Waals surface area contributed by atoms with Gasteiger partial charge in [0, 0.05) is 43.9 Å². The molecule has 132 valence electrons. The van der Waals surface area contributed by atoms with E-state index in [2.05, 4.69) is 16.3 Å². The third kappa shape index (κ3) is 4.50. The van der Waals surface area contributed by atoms with Crippen molar-refractivity contribution in [3.63, 3.8) is 0 Å². The Morgan fingerprint density at radius 2 is 1.85 bits per heavy atom. The normalized spacial score (nSPS) is 14.7. The number of nitrogens with one attached hydrogen (secondary N) is 1. The molecule has 3 rings (SSSR count). The Morgan fingerprint density at radius 1 is 1.12 bits per heavy atom. The molecule has 5 nitrogen and oxygen atoms in total. The van der Waals surface area contributed by atoms with E-state index < -0.39 is 0 Å². The van der Waals surface area contributed by atoms with Crippen molar-refractivity contribution in [1.82, 2.24) is 10.2 Å². The summed E-state index contributed by atoms with van der Waals surface area (Å²) >= 11 is 0. The van der Waals surface area contributed by atoms with Crippen LogP contribution in [-0.2, 0) is 17.9 Å². The van der Waals surface area contributed by atoms with Crippen LogP contribution in [0.4, 0.5) is 0 Å². The van der Waals surface area contributed by atoms with Crippen molar-refractivity contribution in [2.75, 3.05) is 13.1 Å². The van der Waals surface area contributed by atoms with Crippen molar-refractivity contribution >= 4 is 5.91 Å². The second-order valence-corrected chi connectivity index (χ2v) is 6.44. The summed E-state index contributed by atoms with van der Waals surface area (Å²) in [5, 5.41) is 11.8. The van der Waals surface area contributed by atoms with Gasteiger partial charge in [-0.15, -0.1) is 0 Å². The first-order valence-electron chi connectivity index (χ1n) is 8.66. The lowest BCUT2D eigenvalue weighted by atomic mass is 10.0. The number of hydrogen-bond donors (Lipinski definition) is 2. The van der Waals surface area contributed by atoms with Crippen LogP contribution in [0.5, 0.6) is 0 Å². The quantitative estimate of drug-likeness (QED) is 0.870. The fraction of sp³-hybridized carbons (Fsp3) is 0.238. The van der Waals surface area contributed by atoms with Crippen molar-refractivity contribution in [3.8, 4) is 6.07 Å². The van der Waals surface area contributed by atoms with E-state index >= 15 is 0 Å². The first-order valence-corrected chi connectivity index (χ1v) is 8.66. The van der Waals surface area contributed by atoms with Crippen molar-refractivity contribution in [3.05, 3.63) is 82.6 Å². The van der Waals surface area contributed by atoms with E-state index in [-0.39, 0.29) is 5.91 Å². The van der Waals surface area contributed by atoms with Gasteiger partial charge < -0.3 is 11.1 Å². The summed E-state index contributed by atoms with van der Waals surface area (Å²) in [5.74, 6) is -0.101. The van der Waals surface area contributed by atoms with Gasteiger partial charge in [-0.3, -0.25) is 9.69 Å². The molecule has 0 aliphatic carbocycles. The van der Waals surface area contributed by atoms with E-state index in [1.165, 1.54) is 0 Å². The number of nitriles is 1. The van der Waals surface area contributed by atoms with Gasteiger partial charge in [-0.1, -0.05) is 42.5 Å². The molecule has 2 aromatic carbocycles. The molecule has 0 saturated heterocycles. The number of carbonyl (C=O) groups is 1. The highest BCUT2D eigenvalue weighted by Crippen LogP contribution is 2.17. The zero-order chi connectivity index (χ0) is 18.4. The summed E-state index contributed by atoms with van der Waals surface area (Å²) in [6.45, 7) is 2.58. The Hall–Kier alpha value is -3.10. The van der Waals surface area contributed by atoms with E-state index in [1.807, 2.05) is 54.6 Å². The van der Waals surface area contributed by atoms with Crippen LogP contribution in [0, 0.1) is 11.3 Å². The van der Waals surface area contributed by atoms with Crippen LogP contribution in [0.15, 0.2) is 65.9 Å². The molecule has 2 aromatic rings. The van der Waals surface area contributed by atoms with Crippen LogP contribution < -0.4 is 11.1 Å². The van der Waals surface area contributed by atoms with Crippen molar-refractivity contribution in [2.24, 2.45) is 5.73 Å². The first-order chi connectivity index (χ1) is 12.7. The zero-order valence-corrected chi connectivity index (χ0v) is 14.6. The molecule has 0 radical (unpaired) electrons. The molecule has 1 amide bonds. The maximum atomic E-state index is 12.6. The molecule has 0 spiro atoms. The van der Waals surface area contributed by atoms with E-state index in [9.17, 15) is 4.79 Å². The molecule has 26 heavy (non-hydrogen) atoms. The second-order valence-electron chi connectivity index (χ2n) is 6.44. The second kappa shape index (κ2) is 8.32. The van der Waals surface area contributed by atoms with E-state index in [4.69, 9.17) is 11.0 Å². The number of carbonyl (C=O) groups excluding carboxylic acids is 1. The van der Waals surface area contributed by atoms with Gasteiger partial charge in [0.2, 0.25) is 0 Å². The third-order valence-electron chi connectivity index (χ3n) is 4.53. The molecular formula is C21H22N4O. The predicted molar refractivity (Wildman–Crippen MR) is 101 cm³/mol. The minimum Gasteiger partial charge on any atom is -0.402 e. The molecule has 1 aliphatic heterocycles. The Kier molecular flexibility index (Phi) is 5.67. The van der Waals surface area contributed by atoms with E-state index in [0.717, 1.165) is 24.2 Å². The molecule has 1 aliphatic rings. The molecule has 0 atom stereocenters. The Bertz CT molecular complexity index is 835. The van der Waals surface area contributed by atoms with Gasteiger partial charge in [0.05, 0.1) is 11.6 Å². The first kappa shape index (κ1) is 17.7. The van der Waals surface area contributed by atoms with E-state index in [1.54, 1.807) is 0 Å². The predicted octanol–water partition coefficient (Wildman–Crippen LogP) is 2.29. The molecular weight excluding hydrogens is 324 g/mol. The Morgan fingerprint density at radius 3 is 2.54 bits per heavy atom. The molecule has 0 unspecified atom stereocenters. The average Bonchev–Trinajstić information content (AvgIpc) is 2.69. The summed E-state index contributed by atoms with van der Waals surface area (Å²) < 4.78 is 0. The number of nitrogens with zero attached hydrogens (tertiary/aromatic N) is 2. The highest BCUT2D eigenvalue weighted by atomic mass is 16.1. The van der Waals surface area contributed by atoms with Gasteiger partial charge in [-0.2, -0.15) is 5.26 Å². The lowest BCUT2D eigenvalue weighted by Gasteiger charge is -2.29. The molecule has 0 fully saturated rings. The smallest absolute Gasteiger partial charge is 0.250 e. The lowest BCUT2D eigenvalue weighted by molar-refractivity contribution is -0.118. The maximum Gasteiger partial charge on any atom is 0.250 e. The van der Waals surface area contributed by atoms with Gasteiger partial charge in [0.1, 0.15) is 0 Å². The summed E-state index contributed by atoms with van der Waals surface area (Å²) in [5.41, 5.74) is 10.3. The maximum absolute atomic E-state index is 12.6. The molecule has 0 bridgehead atoms. The largest absolute Gasteiger partial charge is 0.402 e. The van der Waals surface area contributed by atoms with Gasteiger partial charge in [0.25, 0.3) is 5.91 Å². The highest BCUT2D eigenvalue weighted by molar-refractivity contribution is 5.94. The summed E-state index contributed by atoms with van der Waals surface area (Å²) in [4.78, 5) is 14.8. The molecule has 1 heterocycles. The minimum absolute atomic E-state index is 0.101. The van der Waals surface area contributed by atoms with Gasteiger partial charge in [0.15, 0.2) is 0 Å². The fourth-order valence-corrected chi connectivity index (χ4v) is 3.01. The average molecular weight is 346 g/mol. The molecule has 3 N–H and O–H groups in total. The zero-order valence-electron chi connectivity index (χ0n) is 14.6. The summed E-state index contributed by atoms with van der Waals surface area (Å²) in [6, 6.07) is 19.5. The van der Waals surface area contributed by atoms with E-state index in [0.29, 0.717) is 36.3 Å². The van der Waals surface area contributed by atoms with Crippen LogP contribution in [0.25, 0.3) is 0 Å². The highest BCUT2D eigenvalue weighted by Gasteiger charge is 2.22. The topological polar surface area (TPSA) is 82.2 Å². The van der Waals surface area contributed by atoms with Crippen LogP contribution in [0.1, 0.15) is 23.1 Å². The van der Waals surface area contributed by atoms with Crippen molar-refractivity contribution in [2.45, 2.75) is 19.5 Å². The van der Waals surface area contributed by atoms with Crippen molar-refractivity contribution < 1.29 is 4.79 Å². The minimum atomic E-state index is -0.101. The summed E-state index contributed by atoms with van der Waals surface area (Å²) in [7, 11) is 0. The van der Waals surface area contributed by atoms with Crippen molar-refractivity contribution in [1.29, 1.82) is 5.26 Å². The third-order valence-corrected chi connectivity index (χ3v) is 4.53. The van der Waals surface area contributed by atoms with Gasteiger partial charge >= 0.3 is 0 Å². The standard InChI is InChI=1S/C21H22N4O/c22-12-16-6-8-18(9-7-16)14-25-11-10-20(23)19(15-25)21(26)24-13-17-4-2-1-3-5-17/h1-9H,10-11,13-15,23H2,(H,24,26). The number of nitrogens with two attached hydrogens (primary N) is 1. The number of hydrogen-bond acceptors (Lipinski definition) is 4. The van der Waals surface area contributed by atoms with Crippen LogP contribution in [0.3, 0.4) is 0 Å².